The van der Waals surface area contributed by atoms with Gasteiger partial charge in [0.2, 0.25) is 11.7 Å². The van der Waals surface area contributed by atoms with Crippen molar-refractivity contribution in [1.29, 1.82) is 0 Å². The van der Waals surface area contributed by atoms with Crippen LogP contribution in [0.3, 0.4) is 0 Å². The number of halogens is 1. The number of amides is 1. The summed E-state index contributed by atoms with van der Waals surface area (Å²) in [5.74, 6) is 0.329. The average molecular weight is 427 g/mol. The molecule has 0 fully saturated rings. The van der Waals surface area contributed by atoms with E-state index in [1.807, 2.05) is 0 Å². The van der Waals surface area contributed by atoms with Crippen LogP contribution in [0.15, 0.2) is 47.3 Å². The van der Waals surface area contributed by atoms with E-state index in [1.54, 1.807) is 31.2 Å². The quantitative estimate of drug-likeness (QED) is 0.623. The highest BCUT2D eigenvalue weighted by molar-refractivity contribution is 5.90. The van der Waals surface area contributed by atoms with Crippen LogP contribution < -0.4 is 25.1 Å². The molecular weight excluding hydrogens is 405 g/mol. The zero-order valence-corrected chi connectivity index (χ0v) is 17.6. The number of aryl methyl sites for hydroxylation is 1. The molecule has 0 aliphatic rings. The van der Waals surface area contributed by atoms with Crippen molar-refractivity contribution < 1.29 is 23.4 Å². The average Bonchev–Trinajstić information content (AvgIpc) is 2.76. The zero-order valence-electron chi connectivity index (χ0n) is 17.6. The fraction of sp³-hybridized carbons (Fsp3) is 0.227. The lowest BCUT2D eigenvalue weighted by atomic mass is 10.1. The molecule has 0 spiro atoms. The first-order valence-corrected chi connectivity index (χ1v) is 9.30. The molecule has 162 valence electrons. The van der Waals surface area contributed by atoms with Crippen molar-refractivity contribution in [3.8, 4) is 28.5 Å². The molecule has 3 rings (SSSR count). The summed E-state index contributed by atoms with van der Waals surface area (Å²) >= 11 is 0. The Morgan fingerprint density at radius 2 is 1.71 bits per heavy atom. The third kappa shape index (κ3) is 4.82. The van der Waals surface area contributed by atoms with Gasteiger partial charge in [0.25, 0.3) is 5.56 Å². The molecule has 0 radical (unpaired) electrons. The van der Waals surface area contributed by atoms with Crippen LogP contribution >= 0.6 is 0 Å². The Labute approximate surface area is 178 Å². The molecule has 3 aromatic rings. The number of methoxy groups -OCH3 is 3. The molecular formula is C22H22FN3O5. The van der Waals surface area contributed by atoms with Crippen molar-refractivity contribution in [3.63, 3.8) is 0 Å². The zero-order chi connectivity index (χ0) is 22.5. The van der Waals surface area contributed by atoms with Crippen LogP contribution in [-0.2, 0) is 11.3 Å². The minimum Gasteiger partial charge on any atom is -0.493 e. The molecule has 1 aromatic heterocycles. The molecule has 0 bridgehead atoms. The third-order valence-electron chi connectivity index (χ3n) is 4.58. The minimum atomic E-state index is -0.514. The standard InChI is InChI=1S/C22H22FN3O5/c1-13-5-6-15(11-16(13)23)24-20(27)12-26-21(28)8-7-17(25-26)14-9-18(29-2)22(31-4)19(10-14)30-3/h5-11H,12H2,1-4H3,(H,24,27). The SMILES string of the molecule is COc1cc(-c2ccc(=O)n(CC(=O)Nc3ccc(C)c(F)c3)n2)cc(OC)c1OC. The summed E-state index contributed by atoms with van der Waals surface area (Å²) in [6.45, 7) is 1.28. The van der Waals surface area contributed by atoms with Gasteiger partial charge in [0.1, 0.15) is 12.4 Å². The van der Waals surface area contributed by atoms with Gasteiger partial charge in [0.15, 0.2) is 11.5 Å². The number of hydrogen-bond donors (Lipinski definition) is 1. The number of nitrogens with one attached hydrogen (secondary N) is 1. The van der Waals surface area contributed by atoms with Crippen LogP contribution in [-0.4, -0.2) is 37.0 Å². The molecule has 1 heterocycles. The molecule has 0 atom stereocenters. The fourth-order valence-electron chi connectivity index (χ4n) is 2.95. The largest absolute Gasteiger partial charge is 0.493 e. The van der Waals surface area contributed by atoms with E-state index >= 15 is 0 Å². The van der Waals surface area contributed by atoms with Gasteiger partial charge in [-0.05, 0) is 42.8 Å². The van der Waals surface area contributed by atoms with Gasteiger partial charge in [0, 0.05) is 17.3 Å². The van der Waals surface area contributed by atoms with Crippen LogP contribution in [0.25, 0.3) is 11.3 Å². The fourth-order valence-corrected chi connectivity index (χ4v) is 2.95. The molecule has 9 heteroatoms. The number of hydrogen-bond acceptors (Lipinski definition) is 6. The highest BCUT2D eigenvalue weighted by Gasteiger charge is 2.16. The highest BCUT2D eigenvalue weighted by Crippen LogP contribution is 2.40. The number of carbonyl (C=O) groups is 1. The van der Waals surface area contributed by atoms with Gasteiger partial charge in [-0.25, -0.2) is 9.07 Å². The Bertz CT molecular complexity index is 1150. The van der Waals surface area contributed by atoms with Gasteiger partial charge >= 0.3 is 0 Å². The van der Waals surface area contributed by atoms with E-state index in [0.29, 0.717) is 39.8 Å². The Balaban J connectivity index is 1.89. The van der Waals surface area contributed by atoms with Gasteiger partial charge in [-0.3, -0.25) is 9.59 Å². The predicted octanol–water partition coefficient (Wildman–Crippen LogP) is 3.02. The monoisotopic (exact) mass is 427 g/mol. The number of ether oxygens (including phenoxy) is 3. The molecule has 1 N–H and O–H groups in total. The van der Waals surface area contributed by atoms with E-state index in [9.17, 15) is 14.0 Å². The summed E-state index contributed by atoms with van der Waals surface area (Å²) in [4.78, 5) is 24.6. The number of anilines is 1. The molecule has 1 amide bonds. The molecule has 0 aliphatic carbocycles. The molecule has 0 saturated carbocycles. The Morgan fingerprint density at radius 1 is 1.03 bits per heavy atom. The summed E-state index contributed by atoms with van der Waals surface area (Å²) < 4.78 is 30.7. The van der Waals surface area contributed by atoms with E-state index in [0.717, 1.165) is 4.68 Å². The maximum atomic E-state index is 13.7. The summed E-state index contributed by atoms with van der Waals surface area (Å²) in [5.41, 5.74) is 1.33. The molecule has 0 unspecified atom stereocenters. The van der Waals surface area contributed by atoms with E-state index < -0.39 is 17.3 Å². The van der Waals surface area contributed by atoms with Crippen molar-refractivity contribution in [3.05, 3.63) is 64.2 Å². The highest BCUT2D eigenvalue weighted by atomic mass is 19.1. The van der Waals surface area contributed by atoms with E-state index in [1.165, 1.54) is 39.5 Å². The maximum absolute atomic E-state index is 13.7. The second kappa shape index (κ2) is 9.29. The normalized spacial score (nSPS) is 10.5. The van der Waals surface area contributed by atoms with Gasteiger partial charge in [0.05, 0.1) is 27.0 Å². The number of carbonyl (C=O) groups excluding carboxylic acids is 1. The summed E-state index contributed by atoms with van der Waals surface area (Å²) in [7, 11) is 4.48. The van der Waals surface area contributed by atoms with E-state index in [4.69, 9.17) is 14.2 Å². The van der Waals surface area contributed by atoms with Crippen LogP contribution in [0.1, 0.15) is 5.56 Å². The van der Waals surface area contributed by atoms with Crippen LogP contribution in [0, 0.1) is 12.7 Å². The topological polar surface area (TPSA) is 91.7 Å². The summed E-state index contributed by atoms with van der Waals surface area (Å²) in [5, 5.41) is 6.84. The van der Waals surface area contributed by atoms with Crippen molar-refractivity contribution in [2.24, 2.45) is 0 Å². The number of nitrogens with zero attached hydrogens (tertiary/aromatic N) is 2. The van der Waals surface area contributed by atoms with Crippen molar-refractivity contribution in [2.45, 2.75) is 13.5 Å². The first-order chi connectivity index (χ1) is 14.9. The van der Waals surface area contributed by atoms with E-state index in [-0.39, 0.29) is 6.54 Å². The summed E-state index contributed by atoms with van der Waals surface area (Å²) in [6.07, 6.45) is 0. The molecule has 0 aliphatic heterocycles. The lowest BCUT2D eigenvalue weighted by Crippen LogP contribution is -2.29. The lowest BCUT2D eigenvalue weighted by Gasteiger charge is -2.14. The van der Waals surface area contributed by atoms with Gasteiger partial charge in [-0.15, -0.1) is 0 Å². The van der Waals surface area contributed by atoms with Gasteiger partial charge < -0.3 is 19.5 Å². The Hall–Kier alpha value is -3.88. The lowest BCUT2D eigenvalue weighted by molar-refractivity contribution is -0.117. The number of aromatic nitrogens is 2. The Kier molecular flexibility index (Phi) is 6.54. The maximum Gasteiger partial charge on any atom is 0.267 e. The van der Waals surface area contributed by atoms with Gasteiger partial charge in [-0.1, -0.05) is 6.07 Å². The predicted molar refractivity (Wildman–Crippen MR) is 113 cm³/mol. The van der Waals surface area contributed by atoms with Crippen LogP contribution in [0.4, 0.5) is 10.1 Å². The number of benzene rings is 2. The second-order valence-corrected chi connectivity index (χ2v) is 6.64. The second-order valence-electron chi connectivity index (χ2n) is 6.64. The van der Waals surface area contributed by atoms with Crippen molar-refractivity contribution in [1.82, 2.24) is 9.78 Å². The molecule has 0 saturated heterocycles. The van der Waals surface area contributed by atoms with Crippen LogP contribution in [0.5, 0.6) is 17.2 Å². The van der Waals surface area contributed by atoms with Crippen molar-refractivity contribution >= 4 is 11.6 Å². The van der Waals surface area contributed by atoms with Gasteiger partial charge in [-0.2, -0.15) is 5.10 Å². The summed E-state index contributed by atoms with van der Waals surface area (Å²) in [6, 6.07) is 10.6. The van der Waals surface area contributed by atoms with Crippen molar-refractivity contribution in [2.75, 3.05) is 26.6 Å². The van der Waals surface area contributed by atoms with E-state index in [2.05, 4.69) is 10.4 Å². The smallest absolute Gasteiger partial charge is 0.267 e. The molecule has 31 heavy (non-hydrogen) atoms. The Morgan fingerprint density at radius 3 is 2.29 bits per heavy atom. The third-order valence-corrected chi connectivity index (χ3v) is 4.58. The van der Waals surface area contributed by atoms with Crippen LogP contribution in [0.2, 0.25) is 0 Å². The first kappa shape index (κ1) is 21.8. The molecule has 2 aromatic carbocycles. The minimum absolute atomic E-state index is 0.293. The first-order valence-electron chi connectivity index (χ1n) is 9.30. The number of rotatable bonds is 7. The molecule has 8 nitrogen and oxygen atoms in total.